The first-order valence-corrected chi connectivity index (χ1v) is 5.70. The number of ether oxygens (including phenoxy) is 1. The van der Waals surface area contributed by atoms with E-state index in [0.717, 1.165) is 24.2 Å². The average Bonchev–Trinajstić information content (AvgIpc) is 3.12. The van der Waals surface area contributed by atoms with Crippen LogP contribution in [-0.2, 0) is 6.42 Å². The maximum absolute atomic E-state index is 9.90. The van der Waals surface area contributed by atoms with Crippen molar-refractivity contribution in [1.29, 1.82) is 0 Å². The number of methoxy groups -OCH3 is 1. The number of rotatable bonds is 5. The Hall–Kier alpha value is -1.06. The molecular weight excluding hydrogens is 204 g/mol. The van der Waals surface area contributed by atoms with Crippen LogP contribution in [0, 0.1) is 5.92 Å². The van der Waals surface area contributed by atoms with Crippen molar-refractivity contribution in [2.75, 3.05) is 7.11 Å². The molecule has 2 N–H and O–H groups in total. The third-order valence-electron chi connectivity index (χ3n) is 3.12. The van der Waals surface area contributed by atoms with E-state index in [1.807, 2.05) is 24.3 Å². The minimum Gasteiger partial charge on any atom is -0.496 e. The molecule has 1 aliphatic carbocycles. The summed E-state index contributed by atoms with van der Waals surface area (Å²) in [6.45, 7) is 0. The first-order chi connectivity index (χ1) is 7.72. The van der Waals surface area contributed by atoms with Crippen molar-refractivity contribution < 1.29 is 14.9 Å². The Morgan fingerprint density at radius 3 is 2.62 bits per heavy atom. The molecule has 1 aromatic rings. The molecule has 1 aromatic carbocycles. The second kappa shape index (κ2) is 4.85. The van der Waals surface area contributed by atoms with Crippen LogP contribution in [0.3, 0.4) is 0 Å². The first-order valence-electron chi connectivity index (χ1n) is 5.70. The second-order valence-corrected chi connectivity index (χ2v) is 4.41. The molecule has 3 nitrogen and oxygen atoms in total. The zero-order valence-corrected chi connectivity index (χ0v) is 9.47. The average molecular weight is 222 g/mol. The standard InChI is InChI=1S/C13H18O3/c1-16-12-5-3-2-4-10(12)8-11(14)13(15)9-6-7-9/h2-5,9,11,13-15H,6-8H2,1H3. The highest BCUT2D eigenvalue weighted by atomic mass is 16.5. The SMILES string of the molecule is COc1ccccc1CC(O)C(O)C1CC1. The fourth-order valence-corrected chi connectivity index (χ4v) is 1.97. The summed E-state index contributed by atoms with van der Waals surface area (Å²) >= 11 is 0. The Morgan fingerprint density at radius 2 is 2.00 bits per heavy atom. The van der Waals surface area contributed by atoms with E-state index in [1.165, 1.54) is 0 Å². The van der Waals surface area contributed by atoms with E-state index < -0.39 is 12.2 Å². The molecule has 0 heterocycles. The van der Waals surface area contributed by atoms with Crippen LogP contribution in [0.4, 0.5) is 0 Å². The van der Waals surface area contributed by atoms with Crippen molar-refractivity contribution >= 4 is 0 Å². The maximum atomic E-state index is 9.90. The molecule has 0 aromatic heterocycles. The lowest BCUT2D eigenvalue weighted by atomic mass is 10.0. The molecule has 1 aliphatic rings. The summed E-state index contributed by atoms with van der Waals surface area (Å²) in [6, 6.07) is 7.59. The molecule has 88 valence electrons. The fraction of sp³-hybridized carbons (Fsp3) is 0.538. The van der Waals surface area contributed by atoms with Gasteiger partial charge in [-0.2, -0.15) is 0 Å². The number of benzene rings is 1. The lowest BCUT2D eigenvalue weighted by molar-refractivity contribution is 0.00647. The summed E-state index contributed by atoms with van der Waals surface area (Å²) < 4.78 is 5.21. The summed E-state index contributed by atoms with van der Waals surface area (Å²) in [7, 11) is 1.61. The van der Waals surface area contributed by atoms with Gasteiger partial charge >= 0.3 is 0 Å². The van der Waals surface area contributed by atoms with Gasteiger partial charge in [-0.1, -0.05) is 18.2 Å². The van der Waals surface area contributed by atoms with E-state index in [2.05, 4.69) is 0 Å². The summed E-state index contributed by atoms with van der Waals surface area (Å²) in [4.78, 5) is 0. The zero-order chi connectivity index (χ0) is 11.5. The van der Waals surface area contributed by atoms with Crippen LogP contribution in [0.2, 0.25) is 0 Å². The highest BCUT2D eigenvalue weighted by Gasteiger charge is 2.34. The summed E-state index contributed by atoms with van der Waals surface area (Å²) in [5, 5.41) is 19.7. The van der Waals surface area contributed by atoms with Crippen molar-refractivity contribution in [3.63, 3.8) is 0 Å². The minimum atomic E-state index is -0.691. The molecule has 0 spiro atoms. The molecular formula is C13H18O3. The lowest BCUT2D eigenvalue weighted by Gasteiger charge is -2.18. The highest BCUT2D eigenvalue weighted by molar-refractivity contribution is 5.33. The van der Waals surface area contributed by atoms with Gasteiger partial charge in [0.1, 0.15) is 5.75 Å². The van der Waals surface area contributed by atoms with Crippen molar-refractivity contribution in [3.8, 4) is 5.75 Å². The van der Waals surface area contributed by atoms with Crippen LogP contribution in [0.1, 0.15) is 18.4 Å². The van der Waals surface area contributed by atoms with E-state index in [4.69, 9.17) is 4.74 Å². The third-order valence-corrected chi connectivity index (χ3v) is 3.12. The van der Waals surface area contributed by atoms with Crippen molar-refractivity contribution in [2.45, 2.75) is 31.5 Å². The molecule has 0 saturated heterocycles. The molecule has 2 unspecified atom stereocenters. The first kappa shape index (κ1) is 11.4. The number of hydrogen-bond donors (Lipinski definition) is 2. The van der Waals surface area contributed by atoms with Gasteiger partial charge in [-0.3, -0.25) is 0 Å². The number of aliphatic hydroxyl groups excluding tert-OH is 2. The molecule has 2 rings (SSSR count). The van der Waals surface area contributed by atoms with Gasteiger partial charge in [-0.15, -0.1) is 0 Å². The highest BCUT2D eigenvalue weighted by Crippen LogP contribution is 2.35. The van der Waals surface area contributed by atoms with Gasteiger partial charge in [-0.25, -0.2) is 0 Å². The molecule has 0 radical (unpaired) electrons. The van der Waals surface area contributed by atoms with Gasteiger partial charge in [0.15, 0.2) is 0 Å². The van der Waals surface area contributed by atoms with Gasteiger partial charge in [0, 0.05) is 6.42 Å². The lowest BCUT2D eigenvalue weighted by Crippen LogP contribution is -2.29. The Bertz CT molecular complexity index is 347. The molecule has 3 heteroatoms. The van der Waals surface area contributed by atoms with E-state index in [0.29, 0.717) is 12.3 Å². The molecule has 0 aliphatic heterocycles. The Balaban J connectivity index is 2.01. The van der Waals surface area contributed by atoms with Crippen molar-refractivity contribution in [2.24, 2.45) is 5.92 Å². The maximum Gasteiger partial charge on any atom is 0.122 e. The molecule has 1 saturated carbocycles. The summed E-state index contributed by atoms with van der Waals surface area (Å²) in [6.07, 6.45) is 1.23. The normalized spacial score (nSPS) is 19.2. The van der Waals surface area contributed by atoms with Gasteiger partial charge in [0.25, 0.3) is 0 Å². The van der Waals surface area contributed by atoms with E-state index in [9.17, 15) is 10.2 Å². The minimum absolute atomic E-state index is 0.296. The second-order valence-electron chi connectivity index (χ2n) is 4.41. The number of hydrogen-bond acceptors (Lipinski definition) is 3. The summed E-state index contributed by atoms with van der Waals surface area (Å²) in [5.41, 5.74) is 0.942. The Kier molecular flexibility index (Phi) is 3.46. The monoisotopic (exact) mass is 222 g/mol. The summed E-state index contributed by atoms with van der Waals surface area (Å²) in [5.74, 6) is 1.06. The molecule has 16 heavy (non-hydrogen) atoms. The number of para-hydroxylation sites is 1. The van der Waals surface area contributed by atoms with Gasteiger partial charge in [0.05, 0.1) is 19.3 Å². The van der Waals surface area contributed by atoms with Crippen LogP contribution < -0.4 is 4.74 Å². The Labute approximate surface area is 95.7 Å². The smallest absolute Gasteiger partial charge is 0.122 e. The largest absolute Gasteiger partial charge is 0.496 e. The molecule has 1 fully saturated rings. The van der Waals surface area contributed by atoms with E-state index >= 15 is 0 Å². The third kappa shape index (κ3) is 2.54. The molecule has 0 amide bonds. The van der Waals surface area contributed by atoms with Crippen LogP contribution >= 0.6 is 0 Å². The quantitative estimate of drug-likeness (QED) is 0.791. The van der Waals surface area contributed by atoms with Gasteiger partial charge in [0.2, 0.25) is 0 Å². The van der Waals surface area contributed by atoms with Crippen LogP contribution in [0.5, 0.6) is 5.75 Å². The van der Waals surface area contributed by atoms with E-state index in [-0.39, 0.29) is 0 Å². The Morgan fingerprint density at radius 1 is 1.31 bits per heavy atom. The van der Waals surface area contributed by atoms with Gasteiger partial charge in [-0.05, 0) is 30.4 Å². The van der Waals surface area contributed by atoms with Crippen molar-refractivity contribution in [1.82, 2.24) is 0 Å². The topological polar surface area (TPSA) is 49.7 Å². The fourth-order valence-electron chi connectivity index (χ4n) is 1.97. The van der Waals surface area contributed by atoms with E-state index in [1.54, 1.807) is 7.11 Å². The predicted octanol–water partition coefficient (Wildman–Crippen LogP) is 1.37. The van der Waals surface area contributed by atoms with Gasteiger partial charge < -0.3 is 14.9 Å². The van der Waals surface area contributed by atoms with Crippen LogP contribution in [0.25, 0.3) is 0 Å². The molecule has 0 bridgehead atoms. The predicted molar refractivity (Wildman–Crippen MR) is 61.4 cm³/mol. The van der Waals surface area contributed by atoms with Crippen LogP contribution in [-0.4, -0.2) is 29.5 Å². The number of aliphatic hydroxyl groups is 2. The zero-order valence-electron chi connectivity index (χ0n) is 9.47. The van der Waals surface area contributed by atoms with Crippen LogP contribution in [0.15, 0.2) is 24.3 Å². The van der Waals surface area contributed by atoms with Crippen molar-refractivity contribution in [3.05, 3.63) is 29.8 Å². The molecule has 2 atom stereocenters.